The van der Waals surface area contributed by atoms with Crippen molar-refractivity contribution in [1.82, 2.24) is 5.32 Å². The SMILES string of the molecule is Cc1cc(C)c([N+](=O)[O-])cc1OCCNC1CC1. The van der Waals surface area contributed by atoms with Crippen LogP contribution in [0.5, 0.6) is 5.75 Å². The molecule has 1 aliphatic rings. The summed E-state index contributed by atoms with van der Waals surface area (Å²) in [7, 11) is 0. The molecule has 5 nitrogen and oxygen atoms in total. The Hall–Kier alpha value is -1.62. The fourth-order valence-electron chi connectivity index (χ4n) is 1.89. The topological polar surface area (TPSA) is 64.4 Å². The average Bonchev–Trinajstić information content (AvgIpc) is 3.10. The Kier molecular flexibility index (Phi) is 3.81. The van der Waals surface area contributed by atoms with E-state index in [4.69, 9.17) is 4.74 Å². The van der Waals surface area contributed by atoms with Crippen LogP contribution in [-0.4, -0.2) is 24.1 Å². The molecule has 0 atom stereocenters. The smallest absolute Gasteiger partial charge is 0.276 e. The molecule has 0 saturated heterocycles. The minimum atomic E-state index is -0.371. The normalized spacial score (nSPS) is 14.6. The number of benzene rings is 1. The van der Waals surface area contributed by atoms with Crippen molar-refractivity contribution in [3.8, 4) is 5.75 Å². The Bertz CT molecular complexity index is 456. The number of hydrogen-bond donors (Lipinski definition) is 1. The predicted molar refractivity (Wildman–Crippen MR) is 69.1 cm³/mol. The van der Waals surface area contributed by atoms with Crippen molar-refractivity contribution in [2.45, 2.75) is 32.7 Å². The molecule has 0 unspecified atom stereocenters. The molecule has 1 fully saturated rings. The number of nitrogens with one attached hydrogen (secondary N) is 1. The van der Waals surface area contributed by atoms with Crippen molar-refractivity contribution in [3.05, 3.63) is 33.4 Å². The van der Waals surface area contributed by atoms with E-state index in [2.05, 4.69) is 5.32 Å². The van der Waals surface area contributed by atoms with Crippen molar-refractivity contribution in [3.63, 3.8) is 0 Å². The van der Waals surface area contributed by atoms with E-state index < -0.39 is 0 Å². The molecular weight excluding hydrogens is 232 g/mol. The molecule has 1 aromatic carbocycles. The number of hydrogen-bond acceptors (Lipinski definition) is 4. The summed E-state index contributed by atoms with van der Waals surface area (Å²) in [6.45, 7) is 4.97. The van der Waals surface area contributed by atoms with Crippen LogP contribution < -0.4 is 10.1 Å². The van der Waals surface area contributed by atoms with Gasteiger partial charge in [-0.15, -0.1) is 0 Å². The molecular formula is C13H18N2O3. The van der Waals surface area contributed by atoms with Gasteiger partial charge < -0.3 is 10.1 Å². The third-order valence-corrected chi connectivity index (χ3v) is 3.06. The Balaban J connectivity index is 1.97. The van der Waals surface area contributed by atoms with Crippen molar-refractivity contribution in [1.29, 1.82) is 0 Å². The van der Waals surface area contributed by atoms with E-state index in [0.717, 1.165) is 12.1 Å². The average molecular weight is 250 g/mol. The molecule has 5 heteroatoms. The van der Waals surface area contributed by atoms with E-state index in [1.165, 1.54) is 18.9 Å². The van der Waals surface area contributed by atoms with Gasteiger partial charge in [-0.2, -0.15) is 0 Å². The molecule has 1 aromatic rings. The lowest BCUT2D eigenvalue weighted by atomic mass is 10.1. The number of ether oxygens (including phenoxy) is 1. The second-order valence-corrected chi connectivity index (χ2v) is 4.74. The molecule has 18 heavy (non-hydrogen) atoms. The van der Waals surface area contributed by atoms with Crippen molar-refractivity contribution >= 4 is 5.69 Å². The molecule has 0 bridgehead atoms. The third kappa shape index (κ3) is 3.20. The number of nitro benzene ring substituents is 1. The summed E-state index contributed by atoms with van der Waals surface area (Å²) in [4.78, 5) is 10.5. The molecule has 1 aliphatic carbocycles. The van der Waals surface area contributed by atoms with Gasteiger partial charge in [-0.3, -0.25) is 10.1 Å². The van der Waals surface area contributed by atoms with Crippen LogP contribution in [0.2, 0.25) is 0 Å². The Morgan fingerprint density at radius 3 is 2.72 bits per heavy atom. The van der Waals surface area contributed by atoms with Crippen LogP contribution in [0, 0.1) is 24.0 Å². The summed E-state index contributed by atoms with van der Waals surface area (Å²) in [6, 6.07) is 3.96. The van der Waals surface area contributed by atoms with Crippen LogP contribution in [0.3, 0.4) is 0 Å². The maximum Gasteiger partial charge on any atom is 0.276 e. The summed E-state index contributed by atoms with van der Waals surface area (Å²) < 4.78 is 5.59. The maximum atomic E-state index is 10.9. The van der Waals surface area contributed by atoms with Gasteiger partial charge in [0, 0.05) is 18.2 Å². The molecule has 1 N–H and O–H groups in total. The number of aryl methyl sites for hydroxylation is 2. The number of nitrogens with zero attached hydrogens (tertiary/aromatic N) is 1. The highest BCUT2D eigenvalue weighted by Gasteiger charge is 2.20. The molecule has 0 spiro atoms. The highest BCUT2D eigenvalue weighted by Crippen LogP contribution is 2.28. The van der Waals surface area contributed by atoms with Gasteiger partial charge in [-0.1, -0.05) is 0 Å². The first-order valence-corrected chi connectivity index (χ1v) is 6.19. The van der Waals surface area contributed by atoms with E-state index in [-0.39, 0.29) is 10.6 Å². The van der Waals surface area contributed by atoms with Crippen LogP contribution in [0.4, 0.5) is 5.69 Å². The minimum Gasteiger partial charge on any atom is -0.492 e. The van der Waals surface area contributed by atoms with E-state index in [1.54, 1.807) is 13.0 Å². The van der Waals surface area contributed by atoms with Crippen LogP contribution >= 0.6 is 0 Å². The minimum absolute atomic E-state index is 0.116. The van der Waals surface area contributed by atoms with Gasteiger partial charge in [0.2, 0.25) is 0 Å². The lowest BCUT2D eigenvalue weighted by Crippen LogP contribution is -2.23. The largest absolute Gasteiger partial charge is 0.492 e. The van der Waals surface area contributed by atoms with Gasteiger partial charge in [-0.25, -0.2) is 0 Å². The van der Waals surface area contributed by atoms with Crippen LogP contribution in [0.25, 0.3) is 0 Å². The van der Waals surface area contributed by atoms with Gasteiger partial charge in [0.25, 0.3) is 5.69 Å². The lowest BCUT2D eigenvalue weighted by Gasteiger charge is -2.10. The summed E-state index contributed by atoms with van der Waals surface area (Å²) in [6.07, 6.45) is 2.49. The lowest BCUT2D eigenvalue weighted by molar-refractivity contribution is -0.385. The first-order chi connectivity index (χ1) is 8.58. The Morgan fingerprint density at radius 1 is 1.39 bits per heavy atom. The molecule has 98 valence electrons. The zero-order chi connectivity index (χ0) is 13.1. The quantitative estimate of drug-likeness (QED) is 0.478. The van der Waals surface area contributed by atoms with Crippen molar-refractivity contribution in [2.75, 3.05) is 13.2 Å². The van der Waals surface area contributed by atoms with Crippen molar-refractivity contribution < 1.29 is 9.66 Å². The predicted octanol–water partition coefficient (Wildman–Crippen LogP) is 2.34. The molecule has 0 aliphatic heterocycles. The summed E-state index contributed by atoms with van der Waals surface area (Å²) >= 11 is 0. The highest BCUT2D eigenvalue weighted by atomic mass is 16.6. The molecule has 0 aromatic heterocycles. The number of rotatable bonds is 6. The van der Waals surface area contributed by atoms with Gasteiger partial charge in [-0.05, 0) is 38.3 Å². The van der Waals surface area contributed by atoms with E-state index in [0.29, 0.717) is 24.0 Å². The van der Waals surface area contributed by atoms with Crippen molar-refractivity contribution in [2.24, 2.45) is 0 Å². The van der Waals surface area contributed by atoms with Gasteiger partial charge in [0.05, 0.1) is 11.0 Å². The maximum absolute atomic E-state index is 10.9. The molecule has 0 radical (unpaired) electrons. The summed E-state index contributed by atoms with van der Waals surface area (Å²) in [5.41, 5.74) is 1.72. The van der Waals surface area contributed by atoms with E-state index in [9.17, 15) is 10.1 Å². The number of nitro groups is 1. The molecule has 1 saturated carbocycles. The third-order valence-electron chi connectivity index (χ3n) is 3.06. The fourth-order valence-corrected chi connectivity index (χ4v) is 1.89. The van der Waals surface area contributed by atoms with Gasteiger partial charge >= 0.3 is 0 Å². The molecule has 0 heterocycles. The van der Waals surface area contributed by atoms with E-state index in [1.807, 2.05) is 6.92 Å². The summed E-state index contributed by atoms with van der Waals surface area (Å²) in [5.74, 6) is 0.602. The van der Waals surface area contributed by atoms with Crippen LogP contribution in [0.1, 0.15) is 24.0 Å². The monoisotopic (exact) mass is 250 g/mol. The highest BCUT2D eigenvalue weighted by molar-refractivity contribution is 5.49. The van der Waals surface area contributed by atoms with E-state index >= 15 is 0 Å². The molecule has 2 rings (SSSR count). The fraction of sp³-hybridized carbons (Fsp3) is 0.538. The first-order valence-electron chi connectivity index (χ1n) is 6.19. The zero-order valence-corrected chi connectivity index (χ0v) is 10.7. The first kappa shape index (κ1) is 12.8. The molecule has 0 amide bonds. The van der Waals surface area contributed by atoms with Gasteiger partial charge in [0.15, 0.2) is 0 Å². The zero-order valence-electron chi connectivity index (χ0n) is 10.7. The van der Waals surface area contributed by atoms with Gasteiger partial charge in [0.1, 0.15) is 12.4 Å². The Morgan fingerprint density at radius 2 is 2.11 bits per heavy atom. The Labute approximate surface area is 106 Å². The van der Waals surface area contributed by atoms with Crippen LogP contribution in [0.15, 0.2) is 12.1 Å². The van der Waals surface area contributed by atoms with Crippen LogP contribution in [-0.2, 0) is 0 Å². The standard InChI is InChI=1S/C13H18N2O3/c1-9-7-10(2)13(8-12(9)15(16)17)18-6-5-14-11-3-4-11/h7-8,11,14H,3-6H2,1-2H3. The second kappa shape index (κ2) is 5.35. The summed E-state index contributed by atoms with van der Waals surface area (Å²) in [5, 5.41) is 14.2. The second-order valence-electron chi connectivity index (χ2n) is 4.74.